The van der Waals surface area contributed by atoms with Crippen LogP contribution in [0.2, 0.25) is 0 Å². The van der Waals surface area contributed by atoms with Crippen molar-refractivity contribution < 1.29 is 14.8 Å². The van der Waals surface area contributed by atoms with Gasteiger partial charge in [0.2, 0.25) is 0 Å². The molecule has 0 amide bonds. The molecule has 7 nitrogen and oxygen atoms in total. The van der Waals surface area contributed by atoms with Crippen molar-refractivity contribution in [1.82, 2.24) is 0 Å². The van der Waals surface area contributed by atoms with Gasteiger partial charge < -0.3 is 10.0 Å². The SMILES string of the molecule is CCN(CCC#N)c1cc(C(=O)O)cc([N+](=O)[O-])c1C. The van der Waals surface area contributed by atoms with Crippen molar-refractivity contribution in [3.63, 3.8) is 0 Å². The van der Waals surface area contributed by atoms with Gasteiger partial charge in [0, 0.05) is 24.8 Å². The molecule has 0 saturated heterocycles. The molecule has 0 aliphatic heterocycles. The lowest BCUT2D eigenvalue weighted by Gasteiger charge is -2.24. The maximum atomic E-state index is 11.1. The van der Waals surface area contributed by atoms with Gasteiger partial charge in [-0.2, -0.15) is 5.26 Å². The van der Waals surface area contributed by atoms with Crippen LogP contribution in [0.5, 0.6) is 0 Å². The molecule has 1 N–H and O–H groups in total. The smallest absolute Gasteiger partial charge is 0.336 e. The van der Waals surface area contributed by atoms with Crippen LogP contribution in [-0.4, -0.2) is 29.1 Å². The van der Waals surface area contributed by atoms with Crippen LogP contribution in [0.25, 0.3) is 0 Å². The van der Waals surface area contributed by atoms with Gasteiger partial charge in [0.15, 0.2) is 0 Å². The van der Waals surface area contributed by atoms with Crippen LogP contribution in [0.3, 0.4) is 0 Å². The van der Waals surface area contributed by atoms with E-state index in [0.29, 0.717) is 24.3 Å². The number of hydrogen-bond donors (Lipinski definition) is 1. The molecule has 7 heteroatoms. The molecule has 0 saturated carbocycles. The van der Waals surface area contributed by atoms with E-state index < -0.39 is 10.9 Å². The molecule has 0 bridgehead atoms. The van der Waals surface area contributed by atoms with Crippen molar-refractivity contribution in [2.75, 3.05) is 18.0 Å². The van der Waals surface area contributed by atoms with Crippen LogP contribution < -0.4 is 4.90 Å². The summed E-state index contributed by atoms with van der Waals surface area (Å²) >= 11 is 0. The van der Waals surface area contributed by atoms with Gasteiger partial charge in [-0.05, 0) is 19.9 Å². The Morgan fingerprint density at radius 3 is 2.65 bits per heavy atom. The van der Waals surface area contributed by atoms with Crippen molar-refractivity contribution in [1.29, 1.82) is 5.26 Å². The predicted molar refractivity (Wildman–Crippen MR) is 72.9 cm³/mol. The molecule has 0 heterocycles. The monoisotopic (exact) mass is 277 g/mol. The minimum absolute atomic E-state index is 0.132. The first-order chi connectivity index (χ1) is 9.42. The van der Waals surface area contributed by atoms with E-state index in [2.05, 4.69) is 0 Å². The summed E-state index contributed by atoms with van der Waals surface area (Å²) in [6.45, 7) is 4.35. The number of carbonyl (C=O) groups is 1. The van der Waals surface area contributed by atoms with Crippen LogP contribution in [-0.2, 0) is 0 Å². The molecule has 20 heavy (non-hydrogen) atoms. The number of hydrogen-bond acceptors (Lipinski definition) is 5. The highest BCUT2D eigenvalue weighted by Crippen LogP contribution is 2.30. The number of carboxylic acid groups (broad SMARTS) is 1. The number of rotatable bonds is 6. The molecule has 0 atom stereocenters. The Morgan fingerprint density at radius 1 is 1.55 bits per heavy atom. The van der Waals surface area contributed by atoms with Crippen molar-refractivity contribution in [3.05, 3.63) is 33.4 Å². The lowest BCUT2D eigenvalue weighted by Crippen LogP contribution is -2.25. The van der Waals surface area contributed by atoms with Crippen molar-refractivity contribution in [3.8, 4) is 6.07 Å². The van der Waals surface area contributed by atoms with E-state index in [0.717, 1.165) is 6.07 Å². The summed E-state index contributed by atoms with van der Waals surface area (Å²) in [5.74, 6) is -1.22. The average Bonchev–Trinajstić information content (AvgIpc) is 2.40. The normalized spacial score (nSPS) is 9.85. The second kappa shape index (κ2) is 6.52. The highest BCUT2D eigenvalue weighted by atomic mass is 16.6. The number of nitrogens with zero attached hydrogens (tertiary/aromatic N) is 3. The van der Waals surface area contributed by atoms with Gasteiger partial charge in [-0.25, -0.2) is 4.79 Å². The quantitative estimate of drug-likeness (QED) is 0.631. The summed E-state index contributed by atoms with van der Waals surface area (Å²) in [5.41, 5.74) is 0.525. The van der Waals surface area contributed by atoms with Gasteiger partial charge in [0.1, 0.15) is 0 Å². The van der Waals surface area contributed by atoms with Gasteiger partial charge in [-0.1, -0.05) is 0 Å². The number of benzene rings is 1. The Balaban J connectivity index is 3.39. The largest absolute Gasteiger partial charge is 0.478 e. The molecule has 0 fully saturated rings. The highest BCUT2D eigenvalue weighted by Gasteiger charge is 2.21. The van der Waals surface area contributed by atoms with Crippen molar-refractivity contribution in [2.45, 2.75) is 20.3 Å². The van der Waals surface area contributed by atoms with E-state index >= 15 is 0 Å². The zero-order chi connectivity index (χ0) is 15.3. The number of anilines is 1. The lowest BCUT2D eigenvalue weighted by molar-refractivity contribution is -0.385. The number of nitriles is 1. The van der Waals surface area contributed by atoms with Gasteiger partial charge in [0.25, 0.3) is 5.69 Å². The van der Waals surface area contributed by atoms with Crippen LogP contribution >= 0.6 is 0 Å². The summed E-state index contributed by atoms with van der Waals surface area (Å²) in [4.78, 5) is 23.3. The first-order valence-electron chi connectivity index (χ1n) is 6.06. The second-order valence-electron chi connectivity index (χ2n) is 4.19. The summed E-state index contributed by atoms with van der Waals surface area (Å²) in [7, 11) is 0. The molecule has 0 aliphatic carbocycles. The zero-order valence-corrected chi connectivity index (χ0v) is 11.3. The van der Waals surface area contributed by atoms with E-state index in [1.54, 1.807) is 11.8 Å². The minimum Gasteiger partial charge on any atom is -0.478 e. The molecule has 1 aromatic rings. The standard InChI is InChI=1S/C13H15N3O4/c1-3-15(6-4-5-14)11-7-10(13(17)18)8-12(9(11)2)16(19)20/h7-8H,3-4,6H2,1-2H3,(H,17,18). The molecule has 0 aromatic heterocycles. The topological polar surface area (TPSA) is 107 Å². The van der Waals surface area contributed by atoms with E-state index in [9.17, 15) is 14.9 Å². The fraction of sp³-hybridized carbons (Fsp3) is 0.385. The van der Waals surface area contributed by atoms with Crippen molar-refractivity contribution >= 4 is 17.3 Å². The highest BCUT2D eigenvalue weighted by molar-refractivity contribution is 5.90. The van der Waals surface area contributed by atoms with Gasteiger partial charge >= 0.3 is 5.97 Å². The molecule has 0 unspecified atom stereocenters. The maximum absolute atomic E-state index is 11.1. The van der Waals surface area contributed by atoms with Crippen LogP contribution in [0.1, 0.15) is 29.3 Å². The Bertz CT molecular complexity index is 578. The zero-order valence-electron chi connectivity index (χ0n) is 11.3. The molecule has 0 radical (unpaired) electrons. The van der Waals surface area contributed by atoms with E-state index in [1.807, 2.05) is 13.0 Å². The van der Waals surface area contributed by atoms with Gasteiger partial charge in [0.05, 0.1) is 28.5 Å². The first kappa shape index (κ1) is 15.4. The predicted octanol–water partition coefficient (Wildman–Crippen LogP) is 2.34. The number of nitro groups is 1. The van der Waals surface area contributed by atoms with E-state index in [4.69, 9.17) is 10.4 Å². The Labute approximate surface area is 116 Å². The summed E-state index contributed by atoms with van der Waals surface area (Å²) in [6, 6.07) is 4.47. The molecule has 0 aliphatic rings. The average molecular weight is 277 g/mol. The number of carboxylic acids is 1. The third kappa shape index (κ3) is 3.23. The number of nitro benzene ring substituents is 1. The molecule has 0 spiro atoms. The van der Waals surface area contributed by atoms with E-state index in [-0.39, 0.29) is 17.7 Å². The molecular weight excluding hydrogens is 262 g/mol. The summed E-state index contributed by atoms with van der Waals surface area (Å²) in [6.07, 6.45) is 0.262. The minimum atomic E-state index is -1.22. The van der Waals surface area contributed by atoms with Gasteiger partial charge in [-0.15, -0.1) is 0 Å². The first-order valence-corrected chi connectivity index (χ1v) is 6.06. The van der Waals surface area contributed by atoms with Crippen LogP contribution in [0.4, 0.5) is 11.4 Å². The lowest BCUT2D eigenvalue weighted by atomic mass is 10.1. The fourth-order valence-electron chi connectivity index (χ4n) is 1.96. The fourth-order valence-corrected chi connectivity index (χ4v) is 1.96. The Morgan fingerprint density at radius 2 is 2.20 bits per heavy atom. The summed E-state index contributed by atoms with van der Waals surface area (Å²) in [5, 5.41) is 28.7. The second-order valence-corrected chi connectivity index (χ2v) is 4.19. The van der Waals surface area contributed by atoms with Crippen LogP contribution in [0, 0.1) is 28.4 Å². The third-order valence-electron chi connectivity index (χ3n) is 3.01. The Hall–Kier alpha value is -2.62. The molecule has 1 rings (SSSR count). The van der Waals surface area contributed by atoms with Crippen LogP contribution in [0.15, 0.2) is 12.1 Å². The van der Waals surface area contributed by atoms with Crippen molar-refractivity contribution in [2.24, 2.45) is 0 Å². The van der Waals surface area contributed by atoms with E-state index in [1.165, 1.54) is 6.07 Å². The maximum Gasteiger partial charge on any atom is 0.336 e. The molecular formula is C13H15N3O4. The van der Waals surface area contributed by atoms with Gasteiger partial charge in [-0.3, -0.25) is 10.1 Å². The molecule has 1 aromatic carbocycles. The number of aromatic carboxylic acids is 1. The Kier molecular flexibility index (Phi) is 5.03. The third-order valence-corrected chi connectivity index (χ3v) is 3.01. The molecule has 106 valence electrons. The summed E-state index contributed by atoms with van der Waals surface area (Å²) < 4.78 is 0.